The maximum atomic E-state index is 13.5. The number of ketones is 1. The van der Waals surface area contributed by atoms with Crippen molar-refractivity contribution in [3.05, 3.63) is 59.2 Å². The number of carbonyl (C=O) groups is 2. The Morgan fingerprint density at radius 2 is 1.71 bits per heavy atom. The smallest absolute Gasteiger partial charge is 0.305 e. The van der Waals surface area contributed by atoms with Gasteiger partial charge in [-0.2, -0.15) is 0 Å². The summed E-state index contributed by atoms with van der Waals surface area (Å²) in [6.07, 6.45) is 0. The van der Waals surface area contributed by atoms with E-state index < -0.39 is 27.5 Å². The van der Waals surface area contributed by atoms with Crippen molar-refractivity contribution >= 4 is 27.5 Å². The number of sulfonamides is 1. The number of benzene rings is 2. The molecule has 6 nitrogen and oxygen atoms in total. The maximum absolute atomic E-state index is 13.5. The van der Waals surface area contributed by atoms with Crippen LogP contribution in [0, 0.1) is 6.92 Å². The second kappa shape index (κ2) is 6.74. The highest BCUT2D eigenvalue weighted by Crippen LogP contribution is 2.44. The average Bonchev–Trinajstić information content (AvgIpc) is 2.82. The summed E-state index contributed by atoms with van der Waals surface area (Å²) in [5.41, 5.74) is 0.255. The molecule has 0 radical (unpaired) electrons. The molecule has 3 rings (SSSR count). The molecule has 0 saturated carbocycles. The zero-order chi connectivity index (χ0) is 20.9. The van der Waals surface area contributed by atoms with Crippen LogP contribution >= 0.6 is 0 Å². The third-order valence-corrected chi connectivity index (χ3v) is 6.75. The van der Waals surface area contributed by atoms with Crippen LogP contribution in [0.1, 0.15) is 55.1 Å². The molecule has 0 saturated heterocycles. The molecule has 0 bridgehead atoms. The van der Waals surface area contributed by atoms with E-state index in [2.05, 4.69) is 0 Å². The number of nitrogens with zero attached hydrogens (tertiary/aromatic N) is 1. The first-order valence-corrected chi connectivity index (χ1v) is 10.4. The molecule has 0 aromatic heterocycles. The zero-order valence-electron chi connectivity index (χ0n) is 16.5. The fourth-order valence-corrected chi connectivity index (χ4v) is 5.07. The Balaban J connectivity index is 2.25. The van der Waals surface area contributed by atoms with E-state index in [-0.39, 0.29) is 22.1 Å². The Morgan fingerprint density at radius 1 is 1.11 bits per heavy atom. The molecular formula is C21H23NO5S. The highest BCUT2D eigenvalue weighted by molar-refractivity contribution is 7.93. The molecule has 0 spiro atoms. The first kappa shape index (κ1) is 20.1. The number of hydrogen-bond acceptors (Lipinski definition) is 5. The van der Waals surface area contributed by atoms with Gasteiger partial charge in [-0.25, -0.2) is 12.7 Å². The molecule has 1 unspecified atom stereocenters. The molecule has 2 aromatic carbocycles. The lowest BCUT2D eigenvalue weighted by Crippen LogP contribution is -2.53. The number of aryl methyl sites for hydroxylation is 1. The van der Waals surface area contributed by atoms with Gasteiger partial charge in [-0.3, -0.25) is 9.59 Å². The van der Waals surface area contributed by atoms with Crippen molar-refractivity contribution < 1.29 is 22.7 Å². The maximum Gasteiger partial charge on any atom is 0.305 e. The van der Waals surface area contributed by atoms with Gasteiger partial charge in [0.05, 0.1) is 10.6 Å². The largest absolute Gasteiger partial charge is 0.430 e. The van der Waals surface area contributed by atoms with Crippen molar-refractivity contribution in [3.8, 4) is 0 Å². The molecular weight excluding hydrogens is 378 g/mol. The van der Waals surface area contributed by atoms with Crippen molar-refractivity contribution in [3.63, 3.8) is 0 Å². The van der Waals surface area contributed by atoms with Crippen LogP contribution in [0.15, 0.2) is 47.4 Å². The average molecular weight is 401 g/mol. The lowest BCUT2D eigenvalue weighted by atomic mass is 9.98. The highest BCUT2D eigenvalue weighted by Gasteiger charge is 2.56. The number of Topliss-reactive ketones (excluding diaryl/α,β-unsaturated/α-hetero) is 1. The molecule has 1 aliphatic rings. The predicted octanol–water partition coefficient (Wildman–Crippen LogP) is 3.79. The minimum atomic E-state index is -4.15. The third-order valence-electron chi connectivity index (χ3n) is 4.86. The summed E-state index contributed by atoms with van der Waals surface area (Å²) in [6.45, 7) is 8.28. The van der Waals surface area contributed by atoms with Gasteiger partial charge >= 0.3 is 5.97 Å². The van der Waals surface area contributed by atoms with Crippen LogP contribution in [-0.4, -0.2) is 25.9 Å². The first-order valence-electron chi connectivity index (χ1n) is 8.99. The summed E-state index contributed by atoms with van der Waals surface area (Å²) in [5, 5.41) is 0. The van der Waals surface area contributed by atoms with E-state index in [1.807, 2.05) is 20.8 Å². The van der Waals surface area contributed by atoms with Crippen LogP contribution in [0.4, 0.5) is 5.69 Å². The standard InChI is InChI=1S/C21H23NO5S/c1-13(2)16-8-11-19-18(12-16)20(24)21(5,27-15(4)23)22(19)28(25,26)17-9-6-14(3)7-10-17/h6-13H,1-5H3. The number of hydrogen-bond donors (Lipinski definition) is 0. The molecule has 7 heteroatoms. The van der Waals surface area contributed by atoms with Gasteiger partial charge in [-0.1, -0.05) is 37.6 Å². The van der Waals surface area contributed by atoms with Crippen LogP contribution in [0.25, 0.3) is 0 Å². The summed E-state index contributed by atoms with van der Waals surface area (Å²) in [5.74, 6) is -1.14. The second-order valence-electron chi connectivity index (χ2n) is 7.42. The number of ether oxygens (including phenoxy) is 1. The normalized spacial score (nSPS) is 19.1. The molecule has 0 amide bonds. The van der Waals surface area contributed by atoms with E-state index in [1.54, 1.807) is 30.3 Å². The Bertz CT molecular complexity index is 1060. The van der Waals surface area contributed by atoms with E-state index in [0.717, 1.165) is 22.4 Å². The van der Waals surface area contributed by atoms with Gasteiger partial charge in [0.1, 0.15) is 0 Å². The second-order valence-corrected chi connectivity index (χ2v) is 9.21. The molecule has 1 heterocycles. The molecule has 0 aliphatic carbocycles. The fourth-order valence-electron chi connectivity index (χ4n) is 3.39. The minimum absolute atomic E-state index is 0.0186. The van der Waals surface area contributed by atoms with Crippen LogP contribution < -0.4 is 4.31 Å². The van der Waals surface area contributed by atoms with E-state index >= 15 is 0 Å². The number of anilines is 1. The molecule has 28 heavy (non-hydrogen) atoms. The van der Waals surface area contributed by atoms with Crippen molar-refractivity contribution in [1.29, 1.82) is 0 Å². The SMILES string of the molecule is CC(=O)OC1(C)C(=O)c2cc(C(C)C)ccc2N1S(=O)(=O)c1ccc(C)cc1. The van der Waals surface area contributed by atoms with Gasteiger partial charge in [-0.05, 0) is 42.7 Å². The summed E-state index contributed by atoms with van der Waals surface area (Å²) in [6, 6.07) is 11.4. The van der Waals surface area contributed by atoms with Crippen molar-refractivity contribution in [2.45, 2.75) is 51.2 Å². The van der Waals surface area contributed by atoms with Gasteiger partial charge < -0.3 is 4.74 Å². The fraction of sp³-hybridized carbons (Fsp3) is 0.333. The van der Waals surface area contributed by atoms with E-state index in [0.29, 0.717) is 0 Å². The summed E-state index contributed by atoms with van der Waals surface area (Å²) < 4.78 is 33.1. The summed E-state index contributed by atoms with van der Waals surface area (Å²) in [4.78, 5) is 24.9. The summed E-state index contributed by atoms with van der Waals surface area (Å²) in [7, 11) is -4.15. The molecule has 1 atom stereocenters. The van der Waals surface area contributed by atoms with Crippen LogP contribution in [0.5, 0.6) is 0 Å². The van der Waals surface area contributed by atoms with Gasteiger partial charge in [0, 0.05) is 19.4 Å². The highest BCUT2D eigenvalue weighted by atomic mass is 32.2. The van der Waals surface area contributed by atoms with Crippen LogP contribution in [0.2, 0.25) is 0 Å². The number of carbonyl (C=O) groups excluding carboxylic acids is 2. The minimum Gasteiger partial charge on any atom is -0.430 e. The number of rotatable bonds is 4. The number of esters is 1. The monoisotopic (exact) mass is 401 g/mol. The summed E-state index contributed by atoms with van der Waals surface area (Å²) >= 11 is 0. The van der Waals surface area contributed by atoms with Gasteiger partial charge in [0.25, 0.3) is 15.7 Å². The molecule has 1 aliphatic heterocycles. The van der Waals surface area contributed by atoms with Crippen molar-refractivity contribution in [2.75, 3.05) is 4.31 Å². The Hall–Kier alpha value is -2.67. The van der Waals surface area contributed by atoms with Crippen LogP contribution in [0.3, 0.4) is 0 Å². The molecule has 2 aromatic rings. The van der Waals surface area contributed by atoms with Gasteiger partial charge in [0.15, 0.2) is 0 Å². The first-order chi connectivity index (χ1) is 13.0. The van der Waals surface area contributed by atoms with Crippen molar-refractivity contribution in [2.24, 2.45) is 0 Å². The van der Waals surface area contributed by atoms with Crippen molar-refractivity contribution in [1.82, 2.24) is 0 Å². The third kappa shape index (κ3) is 3.09. The quantitative estimate of drug-likeness (QED) is 0.728. The topological polar surface area (TPSA) is 80.8 Å². The molecule has 148 valence electrons. The zero-order valence-corrected chi connectivity index (χ0v) is 17.3. The van der Waals surface area contributed by atoms with Crippen LogP contribution in [-0.2, 0) is 19.6 Å². The molecule has 0 N–H and O–H groups in total. The van der Waals surface area contributed by atoms with E-state index in [4.69, 9.17) is 4.74 Å². The van der Waals surface area contributed by atoms with Gasteiger partial charge in [0.2, 0.25) is 5.78 Å². The van der Waals surface area contributed by atoms with E-state index in [9.17, 15) is 18.0 Å². The Labute approximate surface area is 165 Å². The van der Waals surface area contributed by atoms with E-state index in [1.165, 1.54) is 19.1 Å². The lowest BCUT2D eigenvalue weighted by molar-refractivity contribution is -0.149. The Morgan fingerprint density at radius 3 is 2.25 bits per heavy atom. The lowest BCUT2D eigenvalue weighted by Gasteiger charge is -2.33. The molecule has 0 fully saturated rings. The van der Waals surface area contributed by atoms with Gasteiger partial charge in [-0.15, -0.1) is 0 Å². The Kier molecular flexibility index (Phi) is 4.83. The predicted molar refractivity (Wildman–Crippen MR) is 106 cm³/mol. The number of fused-ring (bicyclic) bond motifs is 1.